The molecule has 1 unspecified atom stereocenters. The molecule has 1 N–H and O–H groups in total. The van der Waals surface area contributed by atoms with E-state index in [1.54, 1.807) is 0 Å². The summed E-state index contributed by atoms with van der Waals surface area (Å²) in [5.41, 5.74) is 0. The van der Waals surface area contributed by atoms with E-state index in [9.17, 15) is 17.2 Å². The number of ether oxygens (including phenoxy) is 1. The Hall–Kier alpha value is -1.13. The number of alkyl halides is 2. The molecule has 10 heteroatoms. The lowest BCUT2D eigenvalue weighted by Crippen LogP contribution is -2.46. The summed E-state index contributed by atoms with van der Waals surface area (Å²) in [7, 11) is -3.01. The van der Waals surface area contributed by atoms with Crippen molar-refractivity contribution in [2.45, 2.75) is 25.3 Å². The van der Waals surface area contributed by atoms with Crippen LogP contribution in [-0.4, -0.2) is 62.3 Å². The van der Waals surface area contributed by atoms with E-state index in [1.807, 2.05) is 0 Å². The summed E-state index contributed by atoms with van der Waals surface area (Å²) < 4.78 is 56.5. The van der Waals surface area contributed by atoms with E-state index < -0.39 is 22.9 Å². The maximum atomic E-state index is 11.9. The van der Waals surface area contributed by atoms with E-state index in [1.165, 1.54) is 0 Å². The third-order valence-corrected chi connectivity index (χ3v) is 4.68. The van der Waals surface area contributed by atoms with Crippen LogP contribution in [0.15, 0.2) is 4.52 Å². The van der Waals surface area contributed by atoms with Crippen molar-refractivity contribution in [2.75, 3.05) is 31.3 Å². The molecule has 120 valence electrons. The first-order chi connectivity index (χ1) is 9.94. The number of nitrogens with zero attached hydrogens (tertiary/aromatic N) is 2. The van der Waals surface area contributed by atoms with Crippen LogP contribution in [0.3, 0.4) is 0 Å². The summed E-state index contributed by atoms with van der Waals surface area (Å²) >= 11 is 0. The normalized spacial score (nSPS) is 21.8. The number of rotatable bonds is 7. The van der Waals surface area contributed by atoms with Crippen molar-refractivity contribution in [1.29, 1.82) is 0 Å². The van der Waals surface area contributed by atoms with Crippen LogP contribution < -0.4 is 5.32 Å². The van der Waals surface area contributed by atoms with Crippen molar-refractivity contribution >= 4 is 9.84 Å². The first-order valence-electron chi connectivity index (χ1n) is 6.56. The van der Waals surface area contributed by atoms with Crippen LogP contribution in [0.25, 0.3) is 0 Å². The minimum Gasteiger partial charge on any atom is -0.375 e. The zero-order chi connectivity index (χ0) is 15.3. The van der Waals surface area contributed by atoms with Crippen LogP contribution in [-0.2, 0) is 27.4 Å². The lowest BCUT2D eigenvalue weighted by Gasteiger charge is -2.21. The smallest absolute Gasteiger partial charge is 0.261 e. The highest BCUT2D eigenvalue weighted by Crippen LogP contribution is 2.08. The predicted octanol–water partition coefficient (Wildman–Crippen LogP) is -0.177. The fraction of sp³-hybridized carbons (Fsp3) is 0.818. The van der Waals surface area contributed by atoms with Crippen LogP contribution in [0, 0.1) is 0 Å². The molecule has 1 fully saturated rings. The van der Waals surface area contributed by atoms with Crippen LogP contribution in [0.2, 0.25) is 0 Å². The number of halogens is 2. The molecule has 1 aromatic heterocycles. The second kappa shape index (κ2) is 7.23. The number of sulfone groups is 1. The first kappa shape index (κ1) is 16.2. The summed E-state index contributed by atoms with van der Waals surface area (Å²) in [6.07, 6.45) is -1.90. The van der Waals surface area contributed by atoms with E-state index in [4.69, 9.17) is 9.26 Å². The van der Waals surface area contributed by atoms with Crippen LogP contribution in [0.4, 0.5) is 8.78 Å². The number of hydrogen-bond donors (Lipinski definition) is 1. The summed E-state index contributed by atoms with van der Waals surface area (Å²) in [4.78, 5) is 4.09. The van der Waals surface area contributed by atoms with Gasteiger partial charge in [-0.3, -0.25) is 0 Å². The standard InChI is InChI=1S/C11H17F2N3O4S/c12-9(13)6-19-3-1-10-15-11(20-16-10)5-8-7-21(17,18)4-2-14-8/h8-9,14H,1-7H2. The predicted molar refractivity (Wildman–Crippen MR) is 69.0 cm³/mol. The van der Waals surface area contributed by atoms with Gasteiger partial charge < -0.3 is 14.6 Å². The molecule has 1 aromatic rings. The highest BCUT2D eigenvalue weighted by Gasteiger charge is 2.26. The van der Waals surface area contributed by atoms with Crippen molar-refractivity contribution in [2.24, 2.45) is 0 Å². The topological polar surface area (TPSA) is 94.3 Å². The summed E-state index contributed by atoms with van der Waals surface area (Å²) in [6, 6.07) is -0.243. The minimum atomic E-state index is -3.01. The van der Waals surface area contributed by atoms with Gasteiger partial charge in [0.05, 0.1) is 18.1 Å². The molecule has 0 bridgehead atoms. The molecule has 2 rings (SSSR count). The highest BCUT2D eigenvalue weighted by molar-refractivity contribution is 7.91. The van der Waals surface area contributed by atoms with Gasteiger partial charge in [0.1, 0.15) is 6.61 Å². The average Bonchev–Trinajstić information content (AvgIpc) is 2.81. The SMILES string of the molecule is O=S1(=O)CCNC(Cc2nc(CCOCC(F)F)no2)C1. The summed E-state index contributed by atoms with van der Waals surface area (Å²) in [5, 5.41) is 6.79. The lowest BCUT2D eigenvalue weighted by molar-refractivity contribution is 0.0182. The van der Waals surface area contributed by atoms with Crippen LogP contribution in [0.1, 0.15) is 11.7 Å². The van der Waals surface area contributed by atoms with Gasteiger partial charge in [-0.25, -0.2) is 17.2 Å². The second-order valence-corrected chi connectivity index (χ2v) is 7.02. The molecule has 1 aliphatic heterocycles. The maximum Gasteiger partial charge on any atom is 0.261 e. The zero-order valence-electron chi connectivity index (χ0n) is 11.3. The largest absolute Gasteiger partial charge is 0.375 e. The summed E-state index contributed by atoms with van der Waals surface area (Å²) in [5.74, 6) is 0.869. The van der Waals surface area contributed by atoms with Crippen molar-refractivity contribution in [3.05, 3.63) is 11.7 Å². The Morgan fingerprint density at radius 3 is 3.00 bits per heavy atom. The van der Waals surface area contributed by atoms with E-state index in [0.717, 1.165) is 0 Å². The Bertz CT molecular complexity index is 549. The van der Waals surface area contributed by atoms with Gasteiger partial charge in [-0.15, -0.1) is 0 Å². The van der Waals surface area contributed by atoms with Crippen molar-refractivity contribution < 1.29 is 26.5 Å². The van der Waals surface area contributed by atoms with E-state index in [0.29, 0.717) is 24.7 Å². The molecule has 0 amide bonds. The molecular formula is C11H17F2N3O4S. The summed E-state index contributed by atoms with van der Waals surface area (Å²) in [6.45, 7) is -0.122. The van der Waals surface area contributed by atoms with Crippen LogP contribution >= 0.6 is 0 Å². The highest BCUT2D eigenvalue weighted by atomic mass is 32.2. The first-order valence-corrected chi connectivity index (χ1v) is 8.38. The van der Waals surface area contributed by atoms with Gasteiger partial charge in [-0.2, -0.15) is 4.98 Å². The van der Waals surface area contributed by atoms with E-state index >= 15 is 0 Å². The molecule has 0 spiro atoms. The minimum absolute atomic E-state index is 0.0439. The van der Waals surface area contributed by atoms with Gasteiger partial charge >= 0.3 is 0 Å². The molecular weight excluding hydrogens is 308 g/mol. The zero-order valence-corrected chi connectivity index (χ0v) is 12.1. The molecule has 21 heavy (non-hydrogen) atoms. The molecule has 1 atom stereocenters. The third-order valence-electron chi connectivity index (χ3n) is 2.95. The third kappa shape index (κ3) is 5.64. The average molecular weight is 325 g/mol. The van der Waals surface area contributed by atoms with Gasteiger partial charge in [0, 0.05) is 25.4 Å². The lowest BCUT2D eigenvalue weighted by atomic mass is 10.2. The molecule has 0 saturated carbocycles. The Morgan fingerprint density at radius 2 is 2.29 bits per heavy atom. The quantitative estimate of drug-likeness (QED) is 0.695. The molecule has 0 radical (unpaired) electrons. The monoisotopic (exact) mass is 325 g/mol. The van der Waals surface area contributed by atoms with Crippen molar-refractivity contribution in [1.82, 2.24) is 15.5 Å². The molecule has 1 saturated heterocycles. The van der Waals surface area contributed by atoms with E-state index in [-0.39, 0.29) is 30.6 Å². The Balaban J connectivity index is 1.77. The number of nitrogens with one attached hydrogen (secondary N) is 1. The van der Waals surface area contributed by atoms with Gasteiger partial charge in [0.2, 0.25) is 5.89 Å². The maximum absolute atomic E-state index is 11.9. The van der Waals surface area contributed by atoms with Crippen molar-refractivity contribution in [3.8, 4) is 0 Å². The number of aromatic nitrogens is 2. The second-order valence-electron chi connectivity index (χ2n) is 4.79. The van der Waals surface area contributed by atoms with Gasteiger partial charge in [-0.05, 0) is 0 Å². The van der Waals surface area contributed by atoms with E-state index in [2.05, 4.69) is 15.5 Å². The van der Waals surface area contributed by atoms with Gasteiger partial charge in [-0.1, -0.05) is 5.16 Å². The van der Waals surface area contributed by atoms with Gasteiger partial charge in [0.15, 0.2) is 15.7 Å². The van der Waals surface area contributed by atoms with Gasteiger partial charge in [0.25, 0.3) is 6.43 Å². The Kier molecular flexibility index (Phi) is 5.59. The molecule has 2 heterocycles. The molecule has 0 aromatic carbocycles. The fourth-order valence-corrected chi connectivity index (χ4v) is 3.46. The fourth-order valence-electron chi connectivity index (χ4n) is 2.02. The molecule has 0 aliphatic carbocycles. The number of hydrogen-bond acceptors (Lipinski definition) is 7. The Labute approximate surface area is 121 Å². The van der Waals surface area contributed by atoms with Crippen LogP contribution in [0.5, 0.6) is 0 Å². The Morgan fingerprint density at radius 1 is 1.48 bits per heavy atom. The molecule has 7 nitrogen and oxygen atoms in total. The van der Waals surface area contributed by atoms with Crippen molar-refractivity contribution in [3.63, 3.8) is 0 Å². The molecule has 1 aliphatic rings.